The molecule has 71 valence electrons. The van der Waals surface area contributed by atoms with Crippen LogP contribution in [0.3, 0.4) is 0 Å². The van der Waals surface area contributed by atoms with Crippen LogP contribution in [0, 0.1) is 0 Å². The van der Waals surface area contributed by atoms with Crippen molar-refractivity contribution < 1.29 is 0 Å². The molecule has 0 spiro atoms. The van der Waals surface area contributed by atoms with Crippen LogP contribution in [0.4, 0.5) is 5.95 Å². The van der Waals surface area contributed by atoms with E-state index in [1.165, 1.54) is 4.68 Å². The zero-order valence-electron chi connectivity index (χ0n) is 6.78. The molecule has 0 amide bonds. The van der Waals surface area contributed by atoms with Gasteiger partial charge >= 0.3 is 0 Å². The normalized spacial score (nSPS) is 10.4. The second kappa shape index (κ2) is 3.43. The Morgan fingerprint density at radius 2 is 2.07 bits per heavy atom. The molecule has 1 radical (unpaired) electrons. The Bertz CT molecular complexity index is 467. The number of tetrazole rings is 1. The van der Waals surface area contributed by atoms with Gasteiger partial charge in [0.15, 0.2) is 0 Å². The van der Waals surface area contributed by atoms with Gasteiger partial charge in [0.05, 0.1) is 15.7 Å². The van der Waals surface area contributed by atoms with Crippen molar-refractivity contribution in [3.8, 4) is 5.69 Å². The van der Waals surface area contributed by atoms with E-state index in [0.717, 1.165) is 0 Å². The Labute approximate surface area is 89.4 Å². The predicted molar refractivity (Wildman–Crippen MR) is 51.9 cm³/mol. The smallest absolute Gasteiger partial charge is 0.264 e. The number of halogens is 2. The zero-order valence-corrected chi connectivity index (χ0v) is 8.29. The van der Waals surface area contributed by atoms with Gasteiger partial charge in [0.2, 0.25) is 0 Å². The minimum Gasteiger partial charge on any atom is -0.264 e. The van der Waals surface area contributed by atoms with Gasteiger partial charge in [-0.1, -0.05) is 34.4 Å². The standard InChI is InChI=1S/C7H4Cl2N5/c8-4-2-1-3-5(6(4)9)14-7(10)11-12-13-14/h1-3,10H. The highest BCUT2D eigenvalue weighted by Crippen LogP contribution is 2.28. The summed E-state index contributed by atoms with van der Waals surface area (Å²) < 4.78 is 1.20. The maximum atomic E-state index is 7.38. The van der Waals surface area contributed by atoms with Crippen molar-refractivity contribution in [3.05, 3.63) is 28.2 Å². The molecular weight excluding hydrogens is 225 g/mol. The van der Waals surface area contributed by atoms with Crippen molar-refractivity contribution in [3.63, 3.8) is 0 Å². The molecule has 7 heteroatoms. The molecule has 1 aromatic heterocycles. The van der Waals surface area contributed by atoms with Crippen LogP contribution in [-0.2, 0) is 0 Å². The van der Waals surface area contributed by atoms with E-state index < -0.39 is 0 Å². The van der Waals surface area contributed by atoms with Gasteiger partial charge in [-0.15, -0.1) is 0 Å². The molecule has 0 fully saturated rings. The number of aromatic nitrogens is 4. The first-order chi connectivity index (χ1) is 6.70. The number of rotatable bonds is 1. The molecule has 14 heavy (non-hydrogen) atoms. The average Bonchev–Trinajstić information content (AvgIpc) is 2.57. The fraction of sp³-hybridized carbons (Fsp3) is 0. The largest absolute Gasteiger partial charge is 0.266 e. The van der Waals surface area contributed by atoms with Crippen LogP contribution in [0.1, 0.15) is 0 Å². The maximum Gasteiger partial charge on any atom is 0.266 e. The maximum absolute atomic E-state index is 7.38. The van der Waals surface area contributed by atoms with Gasteiger partial charge in [-0.2, -0.15) is 4.68 Å². The monoisotopic (exact) mass is 228 g/mol. The molecule has 1 N–H and O–H groups in total. The Morgan fingerprint density at radius 1 is 1.29 bits per heavy atom. The number of hydrogen-bond donors (Lipinski definition) is 0. The molecule has 0 atom stereocenters. The molecule has 0 unspecified atom stereocenters. The molecular formula is C7H4Cl2N5. The Hall–Kier alpha value is -1.33. The number of hydrogen-bond acceptors (Lipinski definition) is 3. The quantitative estimate of drug-likeness (QED) is 0.749. The van der Waals surface area contributed by atoms with E-state index in [4.69, 9.17) is 28.9 Å². The third kappa shape index (κ3) is 1.40. The fourth-order valence-electron chi connectivity index (χ4n) is 1.01. The number of nitrogens with one attached hydrogen (secondary N) is 1. The molecule has 1 aromatic carbocycles. The molecule has 1 heterocycles. The van der Waals surface area contributed by atoms with Crippen LogP contribution >= 0.6 is 23.2 Å². The van der Waals surface area contributed by atoms with Gasteiger partial charge in [-0.05, 0) is 22.6 Å². The summed E-state index contributed by atoms with van der Waals surface area (Å²) >= 11 is 11.7. The second-order valence-electron chi connectivity index (χ2n) is 2.49. The molecule has 2 aromatic rings. The van der Waals surface area contributed by atoms with Crippen LogP contribution in [0.15, 0.2) is 18.2 Å². The van der Waals surface area contributed by atoms with Crippen molar-refractivity contribution in [1.29, 1.82) is 0 Å². The van der Waals surface area contributed by atoms with Gasteiger partial charge in [-0.3, -0.25) is 5.73 Å². The summed E-state index contributed by atoms with van der Waals surface area (Å²) in [5.74, 6) is -0.0887. The summed E-state index contributed by atoms with van der Waals surface area (Å²) in [6.07, 6.45) is 0. The van der Waals surface area contributed by atoms with Crippen molar-refractivity contribution in [2.24, 2.45) is 0 Å². The Morgan fingerprint density at radius 3 is 2.71 bits per heavy atom. The highest BCUT2D eigenvalue weighted by molar-refractivity contribution is 6.43. The first-order valence-electron chi connectivity index (χ1n) is 3.64. The lowest BCUT2D eigenvalue weighted by Crippen LogP contribution is -1.98. The van der Waals surface area contributed by atoms with Gasteiger partial charge in [0, 0.05) is 0 Å². The third-order valence-electron chi connectivity index (χ3n) is 1.63. The van der Waals surface area contributed by atoms with E-state index in [1.807, 2.05) is 0 Å². The lowest BCUT2D eigenvalue weighted by Gasteiger charge is -2.04. The van der Waals surface area contributed by atoms with E-state index in [9.17, 15) is 0 Å². The SMILES string of the molecule is [NH]c1nnnn1-c1cccc(Cl)c1Cl. The van der Waals surface area contributed by atoms with Crippen LogP contribution < -0.4 is 5.73 Å². The zero-order chi connectivity index (χ0) is 10.1. The van der Waals surface area contributed by atoms with Crippen molar-refractivity contribution >= 4 is 29.2 Å². The third-order valence-corrected chi connectivity index (χ3v) is 2.44. The van der Waals surface area contributed by atoms with Crippen LogP contribution in [0.5, 0.6) is 0 Å². The highest BCUT2D eigenvalue weighted by Gasteiger charge is 2.10. The Kier molecular flexibility index (Phi) is 2.26. The number of nitrogens with zero attached hydrogens (tertiary/aromatic N) is 4. The van der Waals surface area contributed by atoms with Gasteiger partial charge in [-0.25, -0.2) is 0 Å². The molecule has 0 bridgehead atoms. The fourth-order valence-corrected chi connectivity index (χ4v) is 1.38. The minimum atomic E-state index is -0.0887. The minimum absolute atomic E-state index is 0.0887. The van der Waals surface area contributed by atoms with Crippen LogP contribution in [0.2, 0.25) is 10.0 Å². The first-order valence-corrected chi connectivity index (χ1v) is 4.40. The number of benzene rings is 1. The van der Waals surface area contributed by atoms with Gasteiger partial charge < -0.3 is 0 Å². The molecule has 2 rings (SSSR count). The van der Waals surface area contributed by atoms with Crippen molar-refractivity contribution in [1.82, 2.24) is 25.9 Å². The van der Waals surface area contributed by atoms with Crippen LogP contribution in [0.25, 0.3) is 5.69 Å². The molecule has 0 aliphatic rings. The summed E-state index contributed by atoms with van der Waals surface area (Å²) in [5, 5.41) is 11.1. The topological polar surface area (TPSA) is 67.4 Å². The average molecular weight is 229 g/mol. The molecule has 0 aliphatic carbocycles. The van der Waals surface area contributed by atoms with E-state index >= 15 is 0 Å². The highest BCUT2D eigenvalue weighted by atomic mass is 35.5. The summed E-state index contributed by atoms with van der Waals surface area (Å²) in [6.45, 7) is 0. The van der Waals surface area contributed by atoms with Crippen molar-refractivity contribution in [2.75, 3.05) is 0 Å². The molecule has 0 saturated heterocycles. The second-order valence-corrected chi connectivity index (χ2v) is 3.27. The molecule has 0 aliphatic heterocycles. The summed E-state index contributed by atoms with van der Waals surface area (Å²) in [5.41, 5.74) is 7.88. The molecule has 5 nitrogen and oxygen atoms in total. The van der Waals surface area contributed by atoms with E-state index in [0.29, 0.717) is 15.7 Å². The van der Waals surface area contributed by atoms with Crippen LogP contribution in [-0.4, -0.2) is 20.2 Å². The summed E-state index contributed by atoms with van der Waals surface area (Å²) in [4.78, 5) is 0. The van der Waals surface area contributed by atoms with Gasteiger partial charge in [0.1, 0.15) is 0 Å². The van der Waals surface area contributed by atoms with E-state index in [2.05, 4.69) is 15.5 Å². The van der Waals surface area contributed by atoms with E-state index in [1.54, 1.807) is 18.2 Å². The molecule has 0 saturated carbocycles. The first kappa shape index (κ1) is 9.23. The van der Waals surface area contributed by atoms with Crippen molar-refractivity contribution in [2.45, 2.75) is 0 Å². The van der Waals surface area contributed by atoms with Gasteiger partial charge in [0.25, 0.3) is 5.95 Å². The van der Waals surface area contributed by atoms with E-state index in [-0.39, 0.29) is 5.95 Å². The summed E-state index contributed by atoms with van der Waals surface area (Å²) in [6, 6.07) is 5.05. The lowest BCUT2D eigenvalue weighted by atomic mass is 10.3. The summed E-state index contributed by atoms with van der Waals surface area (Å²) in [7, 11) is 0. The lowest BCUT2D eigenvalue weighted by molar-refractivity contribution is 0.789. The Balaban J connectivity index is 2.63. The predicted octanol–water partition coefficient (Wildman–Crippen LogP) is 1.88.